The molecule has 0 unspecified atom stereocenters. The Morgan fingerprint density at radius 2 is 1.76 bits per heavy atom. The lowest BCUT2D eigenvalue weighted by molar-refractivity contribution is 0.339. The SMILES string of the molecule is N#Cc1ccccc1OCCS(=O)(=O)c1ccccc1F. The Hall–Kier alpha value is -2.39. The highest BCUT2D eigenvalue weighted by Gasteiger charge is 2.18. The first-order valence-corrected chi connectivity index (χ1v) is 7.79. The Kier molecular flexibility index (Phi) is 4.55. The molecule has 2 rings (SSSR count). The minimum atomic E-state index is -3.76. The van der Waals surface area contributed by atoms with E-state index in [1.165, 1.54) is 18.2 Å². The second-order valence-corrected chi connectivity index (χ2v) is 6.28. The lowest BCUT2D eigenvalue weighted by Crippen LogP contribution is -2.15. The summed E-state index contributed by atoms with van der Waals surface area (Å²) < 4.78 is 42.8. The molecule has 0 N–H and O–H groups in total. The first kappa shape index (κ1) is 15.0. The maximum absolute atomic E-state index is 13.5. The molecule has 21 heavy (non-hydrogen) atoms. The maximum Gasteiger partial charge on any atom is 0.184 e. The number of halogens is 1. The molecule has 0 spiro atoms. The first-order valence-electron chi connectivity index (χ1n) is 6.14. The molecular weight excluding hydrogens is 293 g/mol. The number of hydrogen-bond donors (Lipinski definition) is 0. The molecule has 0 amide bonds. The summed E-state index contributed by atoms with van der Waals surface area (Å²) in [5.74, 6) is -0.841. The maximum atomic E-state index is 13.5. The molecule has 0 radical (unpaired) electrons. The summed E-state index contributed by atoms with van der Waals surface area (Å²) in [5, 5.41) is 8.89. The van der Waals surface area contributed by atoms with E-state index in [-0.39, 0.29) is 17.3 Å². The summed E-state index contributed by atoms with van der Waals surface area (Å²) in [6.45, 7) is -0.157. The predicted molar refractivity (Wildman–Crippen MR) is 75.1 cm³/mol. The molecule has 2 aromatic carbocycles. The number of rotatable bonds is 5. The number of sulfone groups is 1. The van der Waals surface area contributed by atoms with Crippen molar-refractivity contribution in [3.8, 4) is 11.8 Å². The van der Waals surface area contributed by atoms with Gasteiger partial charge in [-0.1, -0.05) is 24.3 Å². The third kappa shape index (κ3) is 3.58. The summed E-state index contributed by atoms with van der Waals surface area (Å²) in [7, 11) is -3.76. The number of ether oxygens (including phenoxy) is 1. The van der Waals surface area contributed by atoms with Crippen LogP contribution < -0.4 is 4.74 Å². The lowest BCUT2D eigenvalue weighted by Gasteiger charge is -2.08. The average Bonchev–Trinajstić information content (AvgIpc) is 2.48. The van der Waals surface area contributed by atoms with Crippen LogP contribution in [-0.4, -0.2) is 20.8 Å². The Balaban J connectivity index is 2.07. The van der Waals surface area contributed by atoms with Crippen LogP contribution in [0.1, 0.15) is 5.56 Å². The molecule has 0 saturated carbocycles. The van der Waals surface area contributed by atoms with Gasteiger partial charge in [0.25, 0.3) is 0 Å². The van der Waals surface area contributed by atoms with Gasteiger partial charge in [-0.25, -0.2) is 12.8 Å². The van der Waals surface area contributed by atoms with Gasteiger partial charge < -0.3 is 4.74 Å². The smallest absolute Gasteiger partial charge is 0.184 e. The van der Waals surface area contributed by atoms with E-state index >= 15 is 0 Å². The third-order valence-electron chi connectivity index (χ3n) is 2.79. The molecule has 2 aromatic rings. The van der Waals surface area contributed by atoms with Gasteiger partial charge in [-0.2, -0.15) is 5.26 Å². The van der Waals surface area contributed by atoms with Crippen molar-refractivity contribution in [3.63, 3.8) is 0 Å². The number of hydrogen-bond acceptors (Lipinski definition) is 4. The molecule has 0 aliphatic heterocycles. The fourth-order valence-corrected chi connectivity index (χ4v) is 2.93. The number of nitriles is 1. The highest BCUT2D eigenvalue weighted by molar-refractivity contribution is 7.91. The largest absolute Gasteiger partial charge is 0.491 e. The Bertz CT molecular complexity index is 782. The molecule has 0 aromatic heterocycles. The summed E-state index contributed by atoms with van der Waals surface area (Å²) in [6, 6.07) is 13.7. The van der Waals surface area contributed by atoms with E-state index in [4.69, 9.17) is 10.00 Å². The monoisotopic (exact) mass is 305 g/mol. The highest BCUT2D eigenvalue weighted by atomic mass is 32.2. The van der Waals surface area contributed by atoms with Crippen molar-refractivity contribution >= 4 is 9.84 Å². The molecule has 4 nitrogen and oxygen atoms in total. The topological polar surface area (TPSA) is 67.2 Å². The van der Waals surface area contributed by atoms with Gasteiger partial charge in [0, 0.05) is 0 Å². The summed E-state index contributed by atoms with van der Waals surface area (Å²) in [4.78, 5) is -0.345. The van der Waals surface area contributed by atoms with Gasteiger partial charge in [-0.3, -0.25) is 0 Å². The zero-order chi connectivity index (χ0) is 15.3. The summed E-state index contributed by atoms with van der Waals surface area (Å²) in [6.07, 6.45) is 0. The van der Waals surface area contributed by atoms with Gasteiger partial charge in [-0.15, -0.1) is 0 Å². The van der Waals surface area contributed by atoms with E-state index in [0.717, 1.165) is 6.07 Å². The first-order chi connectivity index (χ1) is 10.0. The molecule has 0 atom stereocenters. The van der Waals surface area contributed by atoms with Crippen molar-refractivity contribution in [2.75, 3.05) is 12.4 Å². The number of nitrogens with zero attached hydrogens (tertiary/aromatic N) is 1. The molecule has 0 fully saturated rings. The fraction of sp³-hybridized carbons (Fsp3) is 0.133. The molecule has 0 bridgehead atoms. The number of para-hydroxylation sites is 1. The van der Waals surface area contributed by atoms with Gasteiger partial charge in [0.2, 0.25) is 0 Å². The lowest BCUT2D eigenvalue weighted by atomic mass is 10.2. The van der Waals surface area contributed by atoms with Crippen molar-refractivity contribution in [1.29, 1.82) is 5.26 Å². The predicted octanol–water partition coefficient (Wildman–Crippen LogP) is 2.55. The van der Waals surface area contributed by atoms with Crippen molar-refractivity contribution in [2.45, 2.75) is 4.90 Å². The molecule has 0 saturated heterocycles. The van der Waals surface area contributed by atoms with E-state index in [1.807, 2.05) is 6.07 Å². The van der Waals surface area contributed by atoms with Crippen LogP contribution >= 0.6 is 0 Å². The van der Waals surface area contributed by atoms with E-state index in [1.54, 1.807) is 24.3 Å². The van der Waals surface area contributed by atoms with Crippen molar-refractivity contribution in [3.05, 3.63) is 59.9 Å². The zero-order valence-corrected chi connectivity index (χ0v) is 11.8. The zero-order valence-electron chi connectivity index (χ0n) is 11.0. The van der Waals surface area contributed by atoms with Gasteiger partial charge in [0.1, 0.15) is 29.1 Å². The third-order valence-corrected chi connectivity index (χ3v) is 4.49. The van der Waals surface area contributed by atoms with E-state index < -0.39 is 15.7 Å². The van der Waals surface area contributed by atoms with Crippen LogP contribution in [0.15, 0.2) is 53.4 Å². The fourth-order valence-electron chi connectivity index (χ4n) is 1.75. The van der Waals surface area contributed by atoms with Crippen molar-refractivity contribution in [2.24, 2.45) is 0 Å². The van der Waals surface area contributed by atoms with Gasteiger partial charge in [-0.05, 0) is 24.3 Å². The van der Waals surface area contributed by atoms with Gasteiger partial charge in [0.15, 0.2) is 9.84 Å². The second kappa shape index (κ2) is 6.37. The quantitative estimate of drug-likeness (QED) is 0.851. The van der Waals surface area contributed by atoms with Crippen LogP contribution in [0.4, 0.5) is 4.39 Å². The summed E-state index contributed by atoms with van der Waals surface area (Å²) in [5.41, 5.74) is 0.320. The highest BCUT2D eigenvalue weighted by Crippen LogP contribution is 2.18. The Morgan fingerprint density at radius 1 is 1.10 bits per heavy atom. The average molecular weight is 305 g/mol. The Morgan fingerprint density at radius 3 is 2.48 bits per heavy atom. The van der Waals surface area contributed by atoms with Gasteiger partial charge in [0.05, 0.1) is 11.3 Å². The van der Waals surface area contributed by atoms with Crippen LogP contribution in [0.2, 0.25) is 0 Å². The molecule has 0 heterocycles. The molecule has 0 aliphatic rings. The van der Waals surface area contributed by atoms with Crippen molar-refractivity contribution in [1.82, 2.24) is 0 Å². The molecule has 6 heteroatoms. The molecule has 108 valence electrons. The van der Waals surface area contributed by atoms with Crippen LogP contribution in [0.5, 0.6) is 5.75 Å². The Labute approximate surface area is 122 Å². The molecule has 0 aliphatic carbocycles. The standard InChI is InChI=1S/C15H12FNO3S/c16-13-6-2-4-8-15(13)21(18,19)10-9-20-14-7-3-1-5-12(14)11-17/h1-8H,9-10H2. The normalized spacial score (nSPS) is 10.9. The number of benzene rings is 2. The van der Waals surface area contributed by atoms with Crippen LogP contribution in [0.3, 0.4) is 0 Å². The van der Waals surface area contributed by atoms with Crippen LogP contribution in [0, 0.1) is 17.1 Å². The van der Waals surface area contributed by atoms with E-state index in [0.29, 0.717) is 11.3 Å². The summed E-state index contributed by atoms with van der Waals surface area (Å²) >= 11 is 0. The second-order valence-electron chi connectivity index (χ2n) is 4.21. The van der Waals surface area contributed by atoms with Crippen LogP contribution in [0.25, 0.3) is 0 Å². The van der Waals surface area contributed by atoms with Gasteiger partial charge >= 0.3 is 0 Å². The van der Waals surface area contributed by atoms with Crippen molar-refractivity contribution < 1.29 is 17.5 Å². The minimum absolute atomic E-state index is 0.157. The van der Waals surface area contributed by atoms with Crippen LogP contribution in [-0.2, 0) is 9.84 Å². The van der Waals surface area contributed by atoms with E-state index in [9.17, 15) is 12.8 Å². The molecular formula is C15H12FNO3S. The minimum Gasteiger partial charge on any atom is -0.491 e. The van der Waals surface area contributed by atoms with E-state index in [2.05, 4.69) is 0 Å².